The van der Waals surface area contributed by atoms with E-state index in [1.165, 1.54) is 49.0 Å². The van der Waals surface area contributed by atoms with Crippen LogP contribution >= 0.6 is 12.2 Å². The summed E-state index contributed by atoms with van der Waals surface area (Å²) in [5.41, 5.74) is 5.86. The first kappa shape index (κ1) is 17.9. The molecule has 4 heteroatoms. The number of anilines is 2. The highest BCUT2D eigenvalue weighted by atomic mass is 32.1. The Bertz CT molecular complexity index is 698. The maximum Gasteiger partial charge on any atom is 0.175 e. The molecule has 0 atom stereocenters. The number of hydrogen-bond donors (Lipinski definition) is 2. The molecule has 0 saturated carbocycles. The van der Waals surface area contributed by atoms with E-state index < -0.39 is 0 Å². The summed E-state index contributed by atoms with van der Waals surface area (Å²) in [5, 5.41) is 7.15. The topological polar surface area (TPSA) is 27.3 Å². The van der Waals surface area contributed by atoms with Gasteiger partial charge in [0.15, 0.2) is 5.11 Å². The van der Waals surface area contributed by atoms with E-state index in [-0.39, 0.29) is 0 Å². The Morgan fingerprint density at radius 2 is 1.48 bits per heavy atom. The Labute approximate surface area is 156 Å². The second kappa shape index (κ2) is 8.45. The van der Waals surface area contributed by atoms with Crippen molar-refractivity contribution in [2.45, 2.75) is 39.7 Å². The third kappa shape index (κ3) is 5.55. The summed E-state index contributed by atoms with van der Waals surface area (Å²) in [6.45, 7) is 7.69. The van der Waals surface area contributed by atoms with Gasteiger partial charge in [-0.05, 0) is 93.0 Å². The molecule has 0 unspecified atom stereocenters. The fourth-order valence-electron chi connectivity index (χ4n) is 3.41. The van der Waals surface area contributed by atoms with Crippen molar-refractivity contribution in [3.05, 3.63) is 59.2 Å². The van der Waals surface area contributed by atoms with Crippen molar-refractivity contribution in [1.82, 2.24) is 4.90 Å². The van der Waals surface area contributed by atoms with Gasteiger partial charge in [0.05, 0.1) is 0 Å². The molecule has 3 nitrogen and oxygen atoms in total. The molecule has 132 valence electrons. The van der Waals surface area contributed by atoms with E-state index in [1.54, 1.807) is 0 Å². The van der Waals surface area contributed by atoms with E-state index in [0.717, 1.165) is 17.9 Å². The van der Waals surface area contributed by atoms with Gasteiger partial charge in [-0.3, -0.25) is 4.90 Å². The number of rotatable bonds is 4. The molecule has 0 radical (unpaired) electrons. The van der Waals surface area contributed by atoms with Crippen molar-refractivity contribution in [2.75, 3.05) is 23.7 Å². The van der Waals surface area contributed by atoms with Crippen LogP contribution in [0, 0.1) is 13.8 Å². The predicted molar refractivity (Wildman–Crippen MR) is 111 cm³/mol. The number of thiocarbonyl (C=S) groups is 1. The van der Waals surface area contributed by atoms with Gasteiger partial charge < -0.3 is 10.6 Å². The van der Waals surface area contributed by atoms with Gasteiger partial charge in [-0.25, -0.2) is 0 Å². The molecule has 1 heterocycles. The van der Waals surface area contributed by atoms with Gasteiger partial charge >= 0.3 is 0 Å². The summed E-state index contributed by atoms with van der Waals surface area (Å²) in [6.07, 6.45) is 4.04. The zero-order chi connectivity index (χ0) is 17.6. The van der Waals surface area contributed by atoms with Crippen molar-refractivity contribution < 1.29 is 0 Å². The SMILES string of the molecule is Cc1cc(C)cc(NC(=S)Nc2ccc(CN3CCCCC3)cc2)c1. The lowest BCUT2D eigenvalue weighted by molar-refractivity contribution is 0.221. The predicted octanol–water partition coefficient (Wildman–Crippen LogP) is 5.10. The van der Waals surface area contributed by atoms with Crippen LogP contribution in [0.25, 0.3) is 0 Å². The second-order valence-electron chi connectivity index (χ2n) is 6.99. The Hall–Kier alpha value is -1.91. The third-order valence-corrected chi connectivity index (χ3v) is 4.75. The van der Waals surface area contributed by atoms with Gasteiger partial charge in [0, 0.05) is 17.9 Å². The van der Waals surface area contributed by atoms with Crippen LogP contribution < -0.4 is 10.6 Å². The molecule has 1 fully saturated rings. The standard InChI is InChI=1S/C21H27N3S/c1-16-12-17(2)14-20(13-16)23-21(25)22-19-8-6-18(7-9-19)15-24-10-4-3-5-11-24/h6-9,12-14H,3-5,10-11,15H2,1-2H3,(H2,22,23,25). The Morgan fingerprint density at radius 1 is 0.880 bits per heavy atom. The summed E-state index contributed by atoms with van der Waals surface area (Å²) < 4.78 is 0. The van der Waals surface area contributed by atoms with E-state index in [1.807, 2.05) is 0 Å². The second-order valence-corrected chi connectivity index (χ2v) is 7.40. The van der Waals surface area contributed by atoms with Crippen LogP contribution in [-0.2, 0) is 6.54 Å². The first-order valence-corrected chi connectivity index (χ1v) is 9.47. The molecule has 0 amide bonds. The molecule has 1 saturated heterocycles. The molecule has 2 N–H and O–H groups in total. The molecule has 0 aliphatic carbocycles. The number of hydrogen-bond acceptors (Lipinski definition) is 2. The fourth-order valence-corrected chi connectivity index (χ4v) is 3.65. The van der Waals surface area contributed by atoms with Gasteiger partial charge in [-0.1, -0.05) is 24.6 Å². The number of piperidine rings is 1. The fraction of sp³-hybridized carbons (Fsp3) is 0.381. The normalized spacial score (nSPS) is 15.0. The third-order valence-electron chi connectivity index (χ3n) is 4.55. The number of aryl methyl sites for hydroxylation is 2. The van der Waals surface area contributed by atoms with Gasteiger partial charge in [0.1, 0.15) is 0 Å². The number of likely N-dealkylation sites (tertiary alicyclic amines) is 1. The first-order chi connectivity index (χ1) is 12.1. The Balaban J connectivity index is 1.54. The van der Waals surface area contributed by atoms with E-state index >= 15 is 0 Å². The molecule has 2 aromatic rings. The summed E-state index contributed by atoms with van der Waals surface area (Å²) in [4.78, 5) is 2.54. The molecular formula is C21H27N3S. The summed E-state index contributed by atoms with van der Waals surface area (Å²) in [6, 6.07) is 14.9. The zero-order valence-electron chi connectivity index (χ0n) is 15.1. The summed E-state index contributed by atoms with van der Waals surface area (Å²) >= 11 is 5.44. The van der Waals surface area contributed by atoms with Crippen molar-refractivity contribution in [3.63, 3.8) is 0 Å². The minimum absolute atomic E-state index is 0.619. The van der Waals surface area contributed by atoms with E-state index in [9.17, 15) is 0 Å². The quantitative estimate of drug-likeness (QED) is 0.748. The molecule has 25 heavy (non-hydrogen) atoms. The summed E-state index contributed by atoms with van der Waals surface area (Å²) in [7, 11) is 0. The van der Waals surface area contributed by atoms with E-state index in [2.05, 4.69) is 71.8 Å². The molecule has 2 aromatic carbocycles. The number of benzene rings is 2. The molecule has 3 rings (SSSR count). The van der Waals surface area contributed by atoms with Crippen molar-refractivity contribution in [2.24, 2.45) is 0 Å². The average Bonchev–Trinajstić information content (AvgIpc) is 2.56. The van der Waals surface area contributed by atoms with Crippen LogP contribution in [0.15, 0.2) is 42.5 Å². The van der Waals surface area contributed by atoms with Crippen LogP contribution in [-0.4, -0.2) is 23.1 Å². The first-order valence-electron chi connectivity index (χ1n) is 9.06. The highest BCUT2D eigenvalue weighted by molar-refractivity contribution is 7.80. The minimum Gasteiger partial charge on any atom is -0.332 e. The van der Waals surface area contributed by atoms with Gasteiger partial charge in [-0.15, -0.1) is 0 Å². The smallest absolute Gasteiger partial charge is 0.175 e. The molecule has 1 aliphatic heterocycles. The maximum atomic E-state index is 5.44. The largest absolute Gasteiger partial charge is 0.332 e. The highest BCUT2D eigenvalue weighted by Gasteiger charge is 2.10. The molecule has 1 aliphatic rings. The summed E-state index contributed by atoms with van der Waals surface area (Å²) in [5.74, 6) is 0. The number of nitrogens with one attached hydrogen (secondary N) is 2. The average molecular weight is 354 g/mol. The molecule has 0 spiro atoms. The van der Waals surface area contributed by atoms with Crippen molar-refractivity contribution >= 4 is 28.7 Å². The molecule has 0 aromatic heterocycles. The van der Waals surface area contributed by atoms with Crippen molar-refractivity contribution in [1.29, 1.82) is 0 Å². The zero-order valence-corrected chi connectivity index (χ0v) is 16.0. The van der Waals surface area contributed by atoms with Crippen molar-refractivity contribution in [3.8, 4) is 0 Å². The van der Waals surface area contributed by atoms with Crippen LogP contribution in [0.4, 0.5) is 11.4 Å². The maximum absolute atomic E-state index is 5.44. The van der Waals surface area contributed by atoms with Crippen LogP contribution in [0.3, 0.4) is 0 Å². The van der Waals surface area contributed by atoms with Gasteiger partial charge in [0.25, 0.3) is 0 Å². The minimum atomic E-state index is 0.619. The lowest BCUT2D eigenvalue weighted by Gasteiger charge is -2.26. The molecular weight excluding hydrogens is 326 g/mol. The lowest BCUT2D eigenvalue weighted by atomic mass is 10.1. The van der Waals surface area contributed by atoms with Crippen LogP contribution in [0.1, 0.15) is 36.0 Å². The lowest BCUT2D eigenvalue weighted by Crippen LogP contribution is -2.29. The highest BCUT2D eigenvalue weighted by Crippen LogP contribution is 2.17. The van der Waals surface area contributed by atoms with Gasteiger partial charge in [0.2, 0.25) is 0 Å². The monoisotopic (exact) mass is 353 g/mol. The van der Waals surface area contributed by atoms with Crippen LogP contribution in [0.5, 0.6) is 0 Å². The Morgan fingerprint density at radius 3 is 2.12 bits per heavy atom. The van der Waals surface area contributed by atoms with E-state index in [4.69, 9.17) is 12.2 Å². The van der Waals surface area contributed by atoms with E-state index in [0.29, 0.717) is 5.11 Å². The van der Waals surface area contributed by atoms with Gasteiger partial charge in [-0.2, -0.15) is 0 Å². The van der Waals surface area contributed by atoms with Crippen LogP contribution in [0.2, 0.25) is 0 Å². The number of nitrogens with zero attached hydrogens (tertiary/aromatic N) is 1. The Kier molecular flexibility index (Phi) is 6.05. The molecule has 0 bridgehead atoms.